The number of nitrogens with one attached hydrogen (secondary N) is 1. The first-order valence-corrected chi connectivity index (χ1v) is 8.00. The molecule has 0 amide bonds. The second-order valence-electron chi connectivity index (χ2n) is 6.08. The number of hydrogen-bond acceptors (Lipinski definition) is 2. The second kappa shape index (κ2) is 6.40. The van der Waals surface area contributed by atoms with Crippen LogP contribution >= 0.6 is 0 Å². The van der Waals surface area contributed by atoms with Crippen LogP contribution in [0.3, 0.4) is 0 Å². The number of rotatable bonds is 6. The topological polar surface area (TPSA) is 24.9 Å². The van der Waals surface area contributed by atoms with Gasteiger partial charge in [0.1, 0.15) is 0 Å². The van der Waals surface area contributed by atoms with Gasteiger partial charge in [0.15, 0.2) is 0 Å². The highest BCUT2D eigenvalue weighted by Gasteiger charge is 2.44. The Labute approximate surface area is 127 Å². The predicted molar refractivity (Wildman–Crippen MR) is 87.3 cm³/mol. The summed E-state index contributed by atoms with van der Waals surface area (Å²) in [6.07, 6.45) is 6.36. The standard InChI is InChI=1S/C19H24N2/c1-3-10-21-19(16-9-11-20-13-14(16)2)18-12-17(18)15-7-5-4-6-8-15/h4-9,11,13,17-19,21H,3,10,12H2,1-2H3. The molecule has 110 valence electrons. The molecule has 1 aromatic heterocycles. The Balaban J connectivity index is 1.80. The molecule has 2 heteroatoms. The van der Waals surface area contributed by atoms with Gasteiger partial charge in [0.05, 0.1) is 0 Å². The van der Waals surface area contributed by atoms with Crippen molar-refractivity contribution in [3.05, 3.63) is 65.5 Å². The second-order valence-corrected chi connectivity index (χ2v) is 6.08. The third kappa shape index (κ3) is 3.16. The third-order valence-corrected chi connectivity index (χ3v) is 4.51. The molecule has 1 aliphatic carbocycles. The first kappa shape index (κ1) is 14.3. The summed E-state index contributed by atoms with van der Waals surface area (Å²) in [5.41, 5.74) is 4.20. The van der Waals surface area contributed by atoms with E-state index in [1.807, 2.05) is 12.4 Å². The van der Waals surface area contributed by atoms with Gasteiger partial charge in [-0.2, -0.15) is 0 Å². The molecule has 1 heterocycles. The van der Waals surface area contributed by atoms with E-state index in [1.54, 1.807) is 0 Å². The monoisotopic (exact) mass is 280 g/mol. The van der Waals surface area contributed by atoms with Gasteiger partial charge in [-0.15, -0.1) is 0 Å². The Morgan fingerprint density at radius 3 is 2.76 bits per heavy atom. The highest BCUT2D eigenvalue weighted by atomic mass is 14.9. The molecule has 2 nitrogen and oxygen atoms in total. The van der Waals surface area contributed by atoms with Gasteiger partial charge in [-0.3, -0.25) is 4.98 Å². The lowest BCUT2D eigenvalue weighted by Gasteiger charge is -2.21. The fourth-order valence-corrected chi connectivity index (χ4v) is 3.29. The lowest BCUT2D eigenvalue weighted by atomic mass is 9.96. The molecule has 3 rings (SSSR count). The van der Waals surface area contributed by atoms with E-state index >= 15 is 0 Å². The van der Waals surface area contributed by atoms with Gasteiger partial charge in [0.2, 0.25) is 0 Å². The molecule has 0 spiro atoms. The average Bonchev–Trinajstić information content (AvgIpc) is 3.31. The molecule has 0 bridgehead atoms. The maximum atomic E-state index is 4.24. The van der Waals surface area contributed by atoms with Crippen LogP contribution in [0, 0.1) is 12.8 Å². The van der Waals surface area contributed by atoms with Crippen molar-refractivity contribution < 1.29 is 0 Å². The maximum absolute atomic E-state index is 4.24. The molecular weight excluding hydrogens is 256 g/mol. The Morgan fingerprint density at radius 1 is 1.24 bits per heavy atom. The number of benzene rings is 1. The van der Waals surface area contributed by atoms with Crippen LogP contribution in [-0.4, -0.2) is 11.5 Å². The smallest absolute Gasteiger partial charge is 0.0358 e. The van der Waals surface area contributed by atoms with Crippen LogP contribution in [-0.2, 0) is 0 Å². The van der Waals surface area contributed by atoms with Crippen LogP contribution in [0.4, 0.5) is 0 Å². The van der Waals surface area contributed by atoms with E-state index in [-0.39, 0.29) is 0 Å². The molecule has 3 unspecified atom stereocenters. The molecule has 0 saturated heterocycles. The Morgan fingerprint density at radius 2 is 2.05 bits per heavy atom. The lowest BCUT2D eigenvalue weighted by molar-refractivity contribution is 0.471. The first-order chi connectivity index (χ1) is 10.3. The van der Waals surface area contributed by atoms with Crippen LogP contribution in [0.1, 0.15) is 48.4 Å². The van der Waals surface area contributed by atoms with E-state index in [1.165, 1.54) is 29.5 Å². The molecule has 21 heavy (non-hydrogen) atoms. The Bertz CT molecular complexity index is 579. The average molecular weight is 280 g/mol. The molecule has 1 aliphatic rings. The minimum absolute atomic E-state index is 0.457. The van der Waals surface area contributed by atoms with Crippen molar-refractivity contribution in [2.75, 3.05) is 6.54 Å². The van der Waals surface area contributed by atoms with Crippen molar-refractivity contribution in [2.45, 2.75) is 38.6 Å². The van der Waals surface area contributed by atoms with Gasteiger partial charge in [0.25, 0.3) is 0 Å². The zero-order valence-corrected chi connectivity index (χ0v) is 12.9. The van der Waals surface area contributed by atoms with Gasteiger partial charge in [-0.05, 0) is 60.9 Å². The van der Waals surface area contributed by atoms with E-state index in [0.29, 0.717) is 17.9 Å². The fourth-order valence-electron chi connectivity index (χ4n) is 3.29. The summed E-state index contributed by atoms with van der Waals surface area (Å²) in [5.74, 6) is 1.41. The molecule has 2 aromatic rings. The molecule has 1 aromatic carbocycles. The summed E-state index contributed by atoms with van der Waals surface area (Å²) in [7, 11) is 0. The largest absolute Gasteiger partial charge is 0.310 e. The summed E-state index contributed by atoms with van der Waals surface area (Å²) in [5, 5.41) is 3.76. The van der Waals surface area contributed by atoms with Gasteiger partial charge in [-0.1, -0.05) is 37.3 Å². The first-order valence-electron chi connectivity index (χ1n) is 8.00. The summed E-state index contributed by atoms with van der Waals surface area (Å²) >= 11 is 0. The minimum atomic E-state index is 0.457. The molecular formula is C19H24N2. The summed E-state index contributed by atoms with van der Waals surface area (Å²) in [6, 6.07) is 13.6. The van der Waals surface area contributed by atoms with E-state index in [0.717, 1.165) is 6.54 Å². The van der Waals surface area contributed by atoms with E-state index in [2.05, 4.69) is 60.5 Å². The normalized spacial score (nSPS) is 22.0. The molecule has 0 radical (unpaired) electrons. The Hall–Kier alpha value is -1.67. The highest BCUT2D eigenvalue weighted by Crippen LogP contribution is 2.54. The third-order valence-electron chi connectivity index (χ3n) is 4.51. The van der Waals surface area contributed by atoms with Crippen LogP contribution in [0.15, 0.2) is 48.8 Å². The van der Waals surface area contributed by atoms with Gasteiger partial charge in [-0.25, -0.2) is 0 Å². The van der Waals surface area contributed by atoms with Crippen molar-refractivity contribution >= 4 is 0 Å². The zero-order valence-electron chi connectivity index (χ0n) is 12.9. The van der Waals surface area contributed by atoms with Crippen LogP contribution < -0.4 is 5.32 Å². The number of hydrogen-bond donors (Lipinski definition) is 1. The minimum Gasteiger partial charge on any atom is -0.310 e. The van der Waals surface area contributed by atoms with Crippen molar-refractivity contribution in [3.8, 4) is 0 Å². The van der Waals surface area contributed by atoms with Crippen LogP contribution in [0.25, 0.3) is 0 Å². The predicted octanol–water partition coefficient (Wildman–Crippen LogP) is 4.23. The Kier molecular flexibility index (Phi) is 4.35. The SMILES string of the molecule is CCCNC(c1ccncc1C)C1CC1c1ccccc1. The van der Waals surface area contributed by atoms with Gasteiger partial charge < -0.3 is 5.32 Å². The number of aromatic nitrogens is 1. The molecule has 3 atom stereocenters. The van der Waals surface area contributed by atoms with E-state index < -0.39 is 0 Å². The maximum Gasteiger partial charge on any atom is 0.0358 e. The lowest BCUT2D eigenvalue weighted by Crippen LogP contribution is -2.25. The summed E-state index contributed by atoms with van der Waals surface area (Å²) < 4.78 is 0. The number of aryl methyl sites for hydroxylation is 1. The summed E-state index contributed by atoms with van der Waals surface area (Å²) in [4.78, 5) is 4.24. The summed E-state index contributed by atoms with van der Waals surface area (Å²) in [6.45, 7) is 5.47. The van der Waals surface area contributed by atoms with Crippen LogP contribution in [0.2, 0.25) is 0 Å². The highest BCUT2D eigenvalue weighted by molar-refractivity contribution is 5.33. The van der Waals surface area contributed by atoms with E-state index in [4.69, 9.17) is 0 Å². The number of nitrogens with zero attached hydrogens (tertiary/aromatic N) is 1. The van der Waals surface area contributed by atoms with Crippen molar-refractivity contribution in [1.82, 2.24) is 10.3 Å². The van der Waals surface area contributed by atoms with Crippen molar-refractivity contribution in [1.29, 1.82) is 0 Å². The number of pyridine rings is 1. The quantitative estimate of drug-likeness (QED) is 0.856. The van der Waals surface area contributed by atoms with Gasteiger partial charge >= 0.3 is 0 Å². The fraction of sp³-hybridized carbons (Fsp3) is 0.421. The van der Waals surface area contributed by atoms with Crippen molar-refractivity contribution in [2.24, 2.45) is 5.92 Å². The molecule has 1 fully saturated rings. The van der Waals surface area contributed by atoms with Gasteiger partial charge in [0, 0.05) is 18.4 Å². The van der Waals surface area contributed by atoms with Crippen LogP contribution in [0.5, 0.6) is 0 Å². The molecule has 1 saturated carbocycles. The zero-order chi connectivity index (χ0) is 14.7. The van der Waals surface area contributed by atoms with E-state index in [9.17, 15) is 0 Å². The molecule has 0 aliphatic heterocycles. The van der Waals surface area contributed by atoms with Crippen molar-refractivity contribution in [3.63, 3.8) is 0 Å². The molecule has 1 N–H and O–H groups in total.